The molecule has 0 amide bonds. The molecule has 4 nitrogen and oxygen atoms in total. The molecule has 0 spiro atoms. The fourth-order valence-electron chi connectivity index (χ4n) is 7.48. The number of likely N-dealkylation sites (N-methyl/N-ethyl adjacent to an activating group) is 1. The Morgan fingerprint density at radius 2 is 1.23 bits per heavy atom. The summed E-state index contributed by atoms with van der Waals surface area (Å²) in [5, 5.41) is 12.0. The minimum atomic E-state index is 0.00427. The van der Waals surface area contributed by atoms with E-state index in [4.69, 9.17) is 4.74 Å². The molecule has 0 saturated carbocycles. The highest BCUT2D eigenvalue weighted by Gasteiger charge is 2.29. The Bertz CT molecular complexity index is 1710. The standard InChI is InChI=1S/C44H58N2O2/c1-27(2)35-14-12-15-36(28(3)4)41(35)39-24-31(8)23-34(43(39)47)26-46(21-20-45(10)11)19-18-33-22-30(7)25-40-42-37(29(5)6)16-13-17-38(42)32(9)48-44(33)40/h12-17,22-25,27-29,32,47H,18-21,26H2,1-11H3. The lowest BCUT2D eigenvalue weighted by Crippen LogP contribution is -2.33. The predicted octanol–water partition coefficient (Wildman–Crippen LogP) is 10.8. The molecule has 0 saturated heterocycles. The molecule has 1 heterocycles. The summed E-state index contributed by atoms with van der Waals surface area (Å²) in [7, 11) is 4.26. The molecule has 1 aliphatic heterocycles. The van der Waals surface area contributed by atoms with E-state index >= 15 is 0 Å². The first-order valence-corrected chi connectivity index (χ1v) is 18.0. The van der Waals surface area contributed by atoms with Gasteiger partial charge in [0.05, 0.1) is 0 Å². The number of fused-ring (bicyclic) bond motifs is 3. The number of benzene rings is 4. The molecule has 48 heavy (non-hydrogen) atoms. The topological polar surface area (TPSA) is 35.9 Å². The lowest BCUT2D eigenvalue weighted by molar-refractivity contribution is 0.215. The Labute approximate surface area is 290 Å². The van der Waals surface area contributed by atoms with Crippen LogP contribution in [0, 0.1) is 13.8 Å². The minimum Gasteiger partial charge on any atom is -0.507 e. The lowest BCUT2D eigenvalue weighted by atomic mass is 9.83. The Morgan fingerprint density at radius 1 is 0.688 bits per heavy atom. The van der Waals surface area contributed by atoms with Gasteiger partial charge in [0.15, 0.2) is 0 Å². The number of aryl methyl sites for hydroxylation is 2. The zero-order valence-electron chi connectivity index (χ0n) is 31.4. The average Bonchev–Trinajstić information content (AvgIpc) is 3.03. The molecule has 0 radical (unpaired) electrons. The van der Waals surface area contributed by atoms with E-state index in [-0.39, 0.29) is 6.10 Å². The van der Waals surface area contributed by atoms with E-state index in [2.05, 4.69) is 147 Å². The van der Waals surface area contributed by atoms with Crippen molar-refractivity contribution in [3.63, 3.8) is 0 Å². The monoisotopic (exact) mass is 646 g/mol. The normalized spacial score (nSPS) is 14.3. The van der Waals surface area contributed by atoms with Crippen LogP contribution in [0.2, 0.25) is 0 Å². The lowest BCUT2D eigenvalue weighted by Gasteiger charge is -2.32. The molecule has 1 N–H and O–H groups in total. The van der Waals surface area contributed by atoms with Crippen LogP contribution < -0.4 is 4.74 Å². The van der Waals surface area contributed by atoms with Crippen molar-refractivity contribution in [1.29, 1.82) is 0 Å². The van der Waals surface area contributed by atoms with Gasteiger partial charge in [0.1, 0.15) is 17.6 Å². The van der Waals surface area contributed by atoms with Crippen molar-refractivity contribution in [3.05, 3.63) is 105 Å². The van der Waals surface area contributed by atoms with E-state index in [0.29, 0.717) is 30.0 Å². The van der Waals surface area contributed by atoms with E-state index in [1.54, 1.807) is 0 Å². The number of phenols is 1. The van der Waals surface area contributed by atoms with E-state index in [0.717, 1.165) is 42.9 Å². The number of hydrogen-bond donors (Lipinski definition) is 1. The second-order valence-electron chi connectivity index (χ2n) is 15.3. The highest BCUT2D eigenvalue weighted by Crippen LogP contribution is 2.48. The van der Waals surface area contributed by atoms with Crippen LogP contribution in [0.3, 0.4) is 0 Å². The van der Waals surface area contributed by atoms with Gasteiger partial charge in [-0.05, 0) is 116 Å². The van der Waals surface area contributed by atoms with Gasteiger partial charge < -0.3 is 14.7 Å². The third-order valence-corrected chi connectivity index (χ3v) is 9.99. The van der Waals surface area contributed by atoms with Gasteiger partial charge in [-0.1, -0.05) is 90.1 Å². The second-order valence-corrected chi connectivity index (χ2v) is 15.3. The fraction of sp³-hybridized carbons (Fsp3) is 0.455. The van der Waals surface area contributed by atoms with Crippen LogP contribution in [0.1, 0.15) is 117 Å². The molecular weight excluding hydrogens is 588 g/mol. The summed E-state index contributed by atoms with van der Waals surface area (Å²) in [5.41, 5.74) is 14.7. The van der Waals surface area contributed by atoms with Gasteiger partial charge in [-0.25, -0.2) is 0 Å². The van der Waals surface area contributed by atoms with Gasteiger partial charge in [-0.15, -0.1) is 0 Å². The number of hydrogen-bond acceptors (Lipinski definition) is 4. The van der Waals surface area contributed by atoms with Crippen molar-refractivity contribution in [2.45, 2.75) is 99.1 Å². The smallest absolute Gasteiger partial charge is 0.131 e. The molecule has 4 aromatic carbocycles. The quantitative estimate of drug-likeness (QED) is 0.166. The van der Waals surface area contributed by atoms with Crippen LogP contribution in [0.5, 0.6) is 11.5 Å². The van der Waals surface area contributed by atoms with Gasteiger partial charge >= 0.3 is 0 Å². The van der Waals surface area contributed by atoms with Crippen molar-refractivity contribution in [2.75, 3.05) is 33.7 Å². The Balaban J connectivity index is 1.51. The summed E-state index contributed by atoms with van der Waals surface area (Å²) in [5.74, 6) is 2.58. The third kappa shape index (κ3) is 7.51. The van der Waals surface area contributed by atoms with Crippen LogP contribution in [0.4, 0.5) is 0 Å². The second kappa shape index (κ2) is 14.9. The van der Waals surface area contributed by atoms with Gasteiger partial charge in [0.25, 0.3) is 0 Å². The van der Waals surface area contributed by atoms with Crippen molar-refractivity contribution in [2.24, 2.45) is 0 Å². The molecule has 0 aliphatic carbocycles. The van der Waals surface area contributed by atoms with E-state index < -0.39 is 0 Å². The van der Waals surface area contributed by atoms with Crippen molar-refractivity contribution in [1.82, 2.24) is 9.80 Å². The number of aromatic hydroxyl groups is 1. The Morgan fingerprint density at radius 3 is 1.81 bits per heavy atom. The third-order valence-electron chi connectivity index (χ3n) is 9.99. The van der Waals surface area contributed by atoms with E-state index in [9.17, 15) is 5.11 Å². The van der Waals surface area contributed by atoms with Crippen LogP contribution in [0.15, 0.2) is 60.7 Å². The molecule has 0 bridgehead atoms. The fourth-order valence-corrected chi connectivity index (χ4v) is 7.48. The number of ether oxygens (including phenoxy) is 1. The van der Waals surface area contributed by atoms with Crippen LogP contribution in [-0.4, -0.2) is 48.6 Å². The largest absolute Gasteiger partial charge is 0.507 e. The molecule has 4 aromatic rings. The molecule has 256 valence electrons. The van der Waals surface area contributed by atoms with Crippen LogP contribution in [-0.2, 0) is 13.0 Å². The van der Waals surface area contributed by atoms with Gasteiger partial charge in [-0.2, -0.15) is 0 Å². The Hall–Kier alpha value is -3.60. The van der Waals surface area contributed by atoms with Gasteiger partial charge in [0, 0.05) is 48.4 Å². The highest BCUT2D eigenvalue weighted by atomic mass is 16.5. The van der Waals surface area contributed by atoms with Gasteiger partial charge in [-0.3, -0.25) is 4.90 Å². The summed E-state index contributed by atoms with van der Waals surface area (Å²) in [4.78, 5) is 4.75. The van der Waals surface area contributed by atoms with Crippen LogP contribution in [0.25, 0.3) is 22.3 Å². The van der Waals surface area contributed by atoms with Crippen molar-refractivity contribution >= 4 is 0 Å². The maximum Gasteiger partial charge on any atom is 0.131 e. The van der Waals surface area contributed by atoms with Crippen molar-refractivity contribution < 1.29 is 9.84 Å². The zero-order chi connectivity index (χ0) is 34.9. The molecule has 1 atom stereocenters. The first-order chi connectivity index (χ1) is 22.8. The average molecular weight is 647 g/mol. The van der Waals surface area contributed by atoms with Gasteiger partial charge in [0.2, 0.25) is 0 Å². The first kappa shape index (κ1) is 35.7. The minimum absolute atomic E-state index is 0.00427. The molecule has 1 unspecified atom stereocenters. The van der Waals surface area contributed by atoms with E-state index in [1.165, 1.54) is 55.6 Å². The number of rotatable bonds is 12. The number of phenolic OH excluding ortho intramolecular Hbond substituents is 1. The predicted molar refractivity (Wildman–Crippen MR) is 204 cm³/mol. The zero-order valence-corrected chi connectivity index (χ0v) is 31.4. The molecule has 0 fully saturated rings. The number of nitrogens with zero attached hydrogens (tertiary/aromatic N) is 2. The maximum absolute atomic E-state index is 12.0. The summed E-state index contributed by atoms with van der Waals surface area (Å²) < 4.78 is 6.72. The first-order valence-electron chi connectivity index (χ1n) is 18.0. The maximum atomic E-state index is 12.0. The van der Waals surface area contributed by atoms with Crippen molar-refractivity contribution in [3.8, 4) is 33.8 Å². The molecule has 5 rings (SSSR count). The molecular formula is C44H58N2O2. The molecule has 0 aromatic heterocycles. The van der Waals surface area contributed by atoms with E-state index in [1.807, 2.05) is 0 Å². The summed E-state index contributed by atoms with van der Waals surface area (Å²) in [6, 6.07) is 22.3. The molecule has 1 aliphatic rings. The Kier molecular flexibility index (Phi) is 11.1. The highest BCUT2D eigenvalue weighted by molar-refractivity contribution is 5.81. The SMILES string of the molecule is Cc1cc(CN(CCc2cc(C)cc3c2OC(C)c2cccc(C(C)C)c2-3)CCN(C)C)c(O)c(-c2c(C(C)C)cccc2C(C)C)c1. The molecule has 4 heteroatoms. The summed E-state index contributed by atoms with van der Waals surface area (Å²) in [6.07, 6.45) is 0.876. The summed E-state index contributed by atoms with van der Waals surface area (Å²) in [6.45, 7) is 23.5. The van der Waals surface area contributed by atoms with Crippen LogP contribution >= 0.6 is 0 Å². The summed E-state index contributed by atoms with van der Waals surface area (Å²) >= 11 is 0.